The minimum atomic E-state index is -0.906. The maximum atomic E-state index is 11.8. The van der Waals surface area contributed by atoms with Crippen LogP contribution in [0.3, 0.4) is 0 Å². The standard InChI is InChI=1S/C29H36O3/c1-20(30)32-23-12-15-27(2)22(19-23)9-10-24-25(27)13-16-28(3)26(24)14-18-29(28,31)17-11-21-7-5-4-6-8-21/h4-9,23-26,31H,10,12-16,18-19H2,1-3H3/t23-,24-,25+,26+,27+,28+,29+/m1/s1. The highest BCUT2D eigenvalue weighted by Crippen LogP contribution is 2.67. The van der Waals surface area contributed by atoms with Crippen LogP contribution in [0.1, 0.15) is 77.7 Å². The molecular formula is C29H36O3. The van der Waals surface area contributed by atoms with Crippen LogP contribution in [0.5, 0.6) is 0 Å². The number of allylic oxidation sites excluding steroid dienone is 1. The summed E-state index contributed by atoms with van der Waals surface area (Å²) in [6.07, 6.45) is 10.6. The first kappa shape index (κ1) is 21.8. The van der Waals surface area contributed by atoms with Crippen molar-refractivity contribution in [1.82, 2.24) is 0 Å². The van der Waals surface area contributed by atoms with Crippen LogP contribution in [0.4, 0.5) is 0 Å². The number of hydrogen-bond donors (Lipinski definition) is 1. The molecule has 3 heteroatoms. The van der Waals surface area contributed by atoms with E-state index in [2.05, 4.69) is 31.8 Å². The molecular weight excluding hydrogens is 396 g/mol. The van der Waals surface area contributed by atoms with Gasteiger partial charge in [0, 0.05) is 24.3 Å². The molecule has 0 heterocycles. The molecule has 32 heavy (non-hydrogen) atoms. The van der Waals surface area contributed by atoms with Gasteiger partial charge in [0.2, 0.25) is 0 Å². The summed E-state index contributed by atoms with van der Waals surface area (Å²) in [4.78, 5) is 11.5. The van der Waals surface area contributed by atoms with Crippen molar-refractivity contribution in [2.24, 2.45) is 28.6 Å². The second-order valence-corrected chi connectivity index (χ2v) is 11.2. The normalized spacial score (nSPS) is 42.4. The average Bonchev–Trinajstić information content (AvgIpc) is 3.04. The summed E-state index contributed by atoms with van der Waals surface area (Å²) in [7, 11) is 0. The van der Waals surface area contributed by atoms with Gasteiger partial charge in [-0.05, 0) is 80.2 Å². The molecule has 0 unspecified atom stereocenters. The predicted molar refractivity (Wildman–Crippen MR) is 126 cm³/mol. The van der Waals surface area contributed by atoms with Gasteiger partial charge >= 0.3 is 5.97 Å². The third kappa shape index (κ3) is 3.34. The van der Waals surface area contributed by atoms with Crippen molar-refractivity contribution in [3.05, 3.63) is 47.5 Å². The van der Waals surface area contributed by atoms with E-state index in [1.165, 1.54) is 12.5 Å². The first-order chi connectivity index (χ1) is 15.3. The summed E-state index contributed by atoms with van der Waals surface area (Å²) in [5.41, 5.74) is 1.64. The van der Waals surface area contributed by atoms with Gasteiger partial charge in [-0.3, -0.25) is 4.79 Å². The zero-order valence-electron chi connectivity index (χ0n) is 19.7. The van der Waals surface area contributed by atoms with Gasteiger partial charge in [0.15, 0.2) is 0 Å². The van der Waals surface area contributed by atoms with E-state index in [9.17, 15) is 9.90 Å². The molecule has 3 nitrogen and oxygen atoms in total. The molecule has 1 N–H and O–H groups in total. The molecule has 0 bridgehead atoms. The Morgan fingerprint density at radius 3 is 2.56 bits per heavy atom. The summed E-state index contributed by atoms with van der Waals surface area (Å²) < 4.78 is 5.57. The monoisotopic (exact) mass is 432 g/mol. The van der Waals surface area contributed by atoms with Gasteiger partial charge in [-0.25, -0.2) is 0 Å². The van der Waals surface area contributed by atoms with Crippen LogP contribution >= 0.6 is 0 Å². The van der Waals surface area contributed by atoms with Gasteiger partial charge in [0.1, 0.15) is 11.7 Å². The molecule has 3 fully saturated rings. The Morgan fingerprint density at radius 2 is 1.81 bits per heavy atom. The topological polar surface area (TPSA) is 46.5 Å². The molecule has 7 atom stereocenters. The number of benzene rings is 1. The number of rotatable bonds is 1. The van der Waals surface area contributed by atoms with Crippen LogP contribution in [0, 0.1) is 40.4 Å². The SMILES string of the molecule is CC(=O)O[C@@H]1CC[C@@]2(C)C(=CC[C@@H]3[C@@H]2CC[C@@]2(C)[C@H]3CC[C@@]2(O)C#Cc2ccccc2)C1. The first-order valence-corrected chi connectivity index (χ1v) is 12.4. The van der Waals surface area contributed by atoms with Crippen molar-refractivity contribution in [3.63, 3.8) is 0 Å². The van der Waals surface area contributed by atoms with Gasteiger partial charge in [-0.1, -0.05) is 55.5 Å². The van der Waals surface area contributed by atoms with Gasteiger partial charge < -0.3 is 9.84 Å². The lowest BCUT2D eigenvalue weighted by Gasteiger charge is -2.58. The Hall–Kier alpha value is -2.05. The van der Waals surface area contributed by atoms with E-state index in [1.807, 2.05) is 30.3 Å². The van der Waals surface area contributed by atoms with E-state index in [1.54, 1.807) is 0 Å². The van der Waals surface area contributed by atoms with Crippen molar-refractivity contribution in [2.75, 3.05) is 0 Å². The molecule has 0 radical (unpaired) electrons. The van der Waals surface area contributed by atoms with E-state index in [4.69, 9.17) is 4.74 Å². The summed E-state index contributed by atoms with van der Waals surface area (Å²) in [6, 6.07) is 10.0. The van der Waals surface area contributed by atoms with E-state index >= 15 is 0 Å². The minimum absolute atomic E-state index is 0.0436. The van der Waals surface area contributed by atoms with Crippen molar-refractivity contribution in [2.45, 2.75) is 83.8 Å². The first-order valence-electron chi connectivity index (χ1n) is 12.4. The van der Waals surface area contributed by atoms with E-state index in [0.29, 0.717) is 17.8 Å². The molecule has 4 aliphatic carbocycles. The van der Waals surface area contributed by atoms with Gasteiger partial charge in [-0.2, -0.15) is 0 Å². The molecule has 170 valence electrons. The van der Waals surface area contributed by atoms with Crippen molar-refractivity contribution >= 4 is 5.97 Å². The van der Waals surface area contributed by atoms with Crippen LogP contribution in [-0.4, -0.2) is 22.8 Å². The molecule has 0 saturated heterocycles. The maximum absolute atomic E-state index is 11.8. The molecule has 4 aliphatic rings. The number of carbonyl (C=O) groups is 1. The average molecular weight is 433 g/mol. The molecule has 0 aromatic heterocycles. The fourth-order valence-electron chi connectivity index (χ4n) is 7.88. The number of fused-ring (bicyclic) bond motifs is 5. The zero-order valence-corrected chi connectivity index (χ0v) is 19.7. The number of carbonyl (C=O) groups excluding carboxylic acids is 1. The van der Waals surface area contributed by atoms with Gasteiger partial charge in [0.25, 0.3) is 0 Å². The van der Waals surface area contributed by atoms with Crippen molar-refractivity contribution in [3.8, 4) is 11.8 Å². The van der Waals surface area contributed by atoms with E-state index in [0.717, 1.165) is 56.9 Å². The molecule has 0 spiro atoms. The summed E-state index contributed by atoms with van der Waals surface area (Å²) >= 11 is 0. The second-order valence-electron chi connectivity index (χ2n) is 11.2. The molecule has 1 aromatic carbocycles. The number of esters is 1. The quantitative estimate of drug-likeness (QED) is 0.354. The van der Waals surface area contributed by atoms with Crippen molar-refractivity contribution in [1.29, 1.82) is 0 Å². The van der Waals surface area contributed by atoms with Gasteiger partial charge in [-0.15, -0.1) is 0 Å². The Bertz CT molecular complexity index is 985. The Kier molecular flexibility index (Phi) is 5.29. The summed E-state index contributed by atoms with van der Waals surface area (Å²) in [5, 5.41) is 11.8. The fourth-order valence-corrected chi connectivity index (χ4v) is 7.88. The lowest BCUT2D eigenvalue weighted by molar-refractivity contribution is -0.149. The number of ether oxygens (including phenoxy) is 1. The number of aliphatic hydroxyl groups is 1. The summed E-state index contributed by atoms with van der Waals surface area (Å²) in [5.74, 6) is 8.23. The highest BCUT2D eigenvalue weighted by molar-refractivity contribution is 5.66. The Labute approximate surface area is 192 Å². The third-order valence-corrected chi connectivity index (χ3v) is 9.73. The molecule has 1 aromatic rings. The maximum Gasteiger partial charge on any atom is 0.302 e. The predicted octanol–water partition coefficient (Wildman–Crippen LogP) is 5.66. The summed E-state index contributed by atoms with van der Waals surface area (Å²) in [6.45, 7) is 6.28. The van der Waals surface area contributed by atoms with Crippen LogP contribution in [0.25, 0.3) is 0 Å². The molecule has 0 aliphatic heterocycles. The smallest absolute Gasteiger partial charge is 0.302 e. The number of hydrogen-bond acceptors (Lipinski definition) is 3. The van der Waals surface area contributed by atoms with Crippen LogP contribution in [-0.2, 0) is 9.53 Å². The lowest BCUT2D eigenvalue weighted by Crippen LogP contribution is -2.54. The molecule has 3 saturated carbocycles. The van der Waals surface area contributed by atoms with Crippen LogP contribution < -0.4 is 0 Å². The molecule has 5 rings (SSSR count). The van der Waals surface area contributed by atoms with Crippen LogP contribution in [0.15, 0.2) is 42.0 Å². The second kappa shape index (κ2) is 7.77. The van der Waals surface area contributed by atoms with Crippen molar-refractivity contribution < 1.29 is 14.6 Å². The lowest BCUT2D eigenvalue weighted by atomic mass is 9.47. The Morgan fingerprint density at radius 1 is 1.06 bits per heavy atom. The van der Waals surface area contributed by atoms with Gasteiger partial charge in [0.05, 0.1) is 0 Å². The zero-order chi connectivity index (χ0) is 22.6. The Balaban J connectivity index is 1.40. The fraction of sp³-hybridized carbons (Fsp3) is 0.621. The van der Waals surface area contributed by atoms with E-state index in [-0.39, 0.29) is 22.9 Å². The highest BCUT2D eigenvalue weighted by atomic mass is 16.5. The largest absolute Gasteiger partial charge is 0.462 e. The highest BCUT2D eigenvalue weighted by Gasteiger charge is 2.63. The third-order valence-electron chi connectivity index (χ3n) is 9.73. The molecule has 0 amide bonds. The minimum Gasteiger partial charge on any atom is -0.462 e. The van der Waals surface area contributed by atoms with Crippen LogP contribution in [0.2, 0.25) is 0 Å². The van der Waals surface area contributed by atoms with E-state index < -0.39 is 5.60 Å².